The van der Waals surface area contributed by atoms with E-state index in [1.807, 2.05) is 24.0 Å². The summed E-state index contributed by atoms with van der Waals surface area (Å²) in [6.45, 7) is 4.06. The van der Waals surface area contributed by atoms with Crippen LogP contribution in [0.15, 0.2) is 34.5 Å². The van der Waals surface area contributed by atoms with Crippen molar-refractivity contribution >= 4 is 38.1 Å². The highest BCUT2D eigenvalue weighted by Gasteiger charge is 2.19. The Hall–Kier alpha value is -1.14. The number of piperazine rings is 1. The minimum absolute atomic E-state index is 1.02. The van der Waals surface area contributed by atoms with Crippen molar-refractivity contribution in [2.24, 2.45) is 0 Å². The van der Waals surface area contributed by atoms with Crippen LogP contribution in [-0.4, -0.2) is 36.1 Å². The van der Waals surface area contributed by atoms with E-state index >= 15 is 0 Å². The monoisotopic (exact) mass is 324 g/mol. The number of rotatable bonds is 2. The molecule has 1 aliphatic rings. The Morgan fingerprint density at radius 2 is 1.89 bits per heavy atom. The number of hydrogen-bond donors (Lipinski definition) is 0. The summed E-state index contributed by atoms with van der Waals surface area (Å²) < 4.78 is 1.06. The number of hydrogen-bond acceptors (Lipinski definition) is 5. The molecule has 1 saturated heterocycles. The van der Waals surface area contributed by atoms with Gasteiger partial charge in [-0.3, -0.25) is 4.98 Å². The third-order valence-corrected chi connectivity index (χ3v) is 4.50. The third kappa shape index (κ3) is 2.35. The summed E-state index contributed by atoms with van der Waals surface area (Å²) in [5.74, 6) is 0. The molecule has 6 heteroatoms. The molecule has 1 aliphatic heterocycles. The van der Waals surface area contributed by atoms with Crippen molar-refractivity contribution in [3.63, 3.8) is 0 Å². The lowest BCUT2D eigenvalue weighted by Gasteiger charge is -2.36. The lowest BCUT2D eigenvalue weighted by atomic mass is 10.3. The van der Waals surface area contributed by atoms with E-state index < -0.39 is 0 Å². The quantitative estimate of drug-likeness (QED) is 0.850. The average molecular weight is 325 g/mol. The normalized spacial score (nSPS) is 16.1. The molecular weight excluding hydrogens is 312 g/mol. The van der Waals surface area contributed by atoms with Gasteiger partial charge in [-0.05, 0) is 22.0 Å². The molecule has 2 aromatic rings. The summed E-state index contributed by atoms with van der Waals surface area (Å²) >= 11 is 5.26. The van der Waals surface area contributed by atoms with Crippen molar-refractivity contribution in [1.82, 2.24) is 9.97 Å². The molecule has 3 heterocycles. The van der Waals surface area contributed by atoms with E-state index in [4.69, 9.17) is 0 Å². The summed E-state index contributed by atoms with van der Waals surface area (Å²) in [5, 5.41) is 3.16. The van der Waals surface area contributed by atoms with Gasteiger partial charge in [0, 0.05) is 50.1 Å². The first-order chi connectivity index (χ1) is 8.84. The number of nitrogens with zero attached hydrogens (tertiary/aromatic N) is 4. The van der Waals surface area contributed by atoms with Crippen LogP contribution in [0.2, 0.25) is 0 Å². The molecule has 2 aromatic heterocycles. The highest BCUT2D eigenvalue weighted by molar-refractivity contribution is 9.10. The zero-order valence-electron chi connectivity index (χ0n) is 9.79. The summed E-state index contributed by atoms with van der Waals surface area (Å²) in [5.41, 5.74) is 1.23. The standard InChI is InChI=1S/C12H13BrN4S/c13-10-9-14-2-1-11(10)16-4-6-17(7-5-16)12-15-3-8-18-12/h1-3,8-9H,4-7H2. The van der Waals surface area contributed by atoms with Gasteiger partial charge in [0.05, 0.1) is 10.2 Å². The average Bonchev–Trinajstić information content (AvgIpc) is 2.94. The van der Waals surface area contributed by atoms with E-state index in [1.165, 1.54) is 5.69 Å². The van der Waals surface area contributed by atoms with Crippen LogP contribution in [0.3, 0.4) is 0 Å². The van der Waals surface area contributed by atoms with Gasteiger partial charge in [-0.15, -0.1) is 11.3 Å². The molecule has 18 heavy (non-hydrogen) atoms. The second-order valence-electron chi connectivity index (χ2n) is 4.12. The molecular formula is C12H13BrN4S. The van der Waals surface area contributed by atoms with Crippen LogP contribution in [0, 0.1) is 0 Å². The Morgan fingerprint density at radius 1 is 1.11 bits per heavy atom. The molecule has 0 atom stereocenters. The molecule has 0 radical (unpaired) electrons. The first-order valence-electron chi connectivity index (χ1n) is 5.83. The van der Waals surface area contributed by atoms with Crippen molar-refractivity contribution in [2.75, 3.05) is 36.0 Å². The summed E-state index contributed by atoms with van der Waals surface area (Å²) in [7, 11) is 0. The van der Waals surface area contributed by atoms with Crippen LogP contribution >= 0.6 is 27.3 Å². The molecule has 0 N–H and O–H groups in total. The Labute approximate surface area is 118 Å². The van der Waals surface area contributed by atoms with Crippen LogP contribution < -0.4 is 9.80 Å². The molecule has 0 spiro atoms. The van der Waals surface area contributed by atoms with Gasteiger partial charge in [0.1, 0.15) is 0 Å². The number of pyridine rings is 1. The fraction of sp³-hybridized carbons (Fsp3) is 0.333. The minimum atomic E-state index is 1.02. The fourth-order valence-electron chi connectivity index (χ4n) is 2.14. The van der Waals surface area contributed by atoms with E-state index in [0.29, 0.717) is 0 Å². The Kier molecular flexibility index (Phi) is 3.47. The van der Waals surface area contributed by atoms with Gasteiger partial charge < -0.3 is 9.80 Å². The van der Waals surface area contributed by atoms with Gasteiger partial charge in [0.15, 0.2) is 5.13 Å². The molecule has 1 fully saturated rings. The zero-order valence-corrected chi connectivity index (χ0v) is 12.2. The fourth-order valence-corrected chi connectivity index (χ4v) is 3.33. The lowest BCUT2D eigenvalue weighted by Crippen LogP contribution is -2.46. The maximum absolute atomic E-state index is 4.36. The first-order valence-corrected chi connectivity index (χ1v) is 7.51. The molecule has 0 aliphatic carbocycles. The van der Waals surface area contributed by atoms with Gasteiger partial charge in [0.25, 0.3) is 0 Å². The summed E-state index contributed by atoms with van der Waals surface area (Å²) in [6.07, 6.45) is 5.56. The molecule has 0 unspecified atom stereocenters. The van der Waals surface area contributed by atoms with Crippen molar-refractivity contribution in [2.45, 2.75) is 0 Å². The van der Waals surface area contributed by atoms with Crippen molar-refractivity contribution in [3.05, 3.63) is 34.5 Å². The van der Waals surface area contributed by atoms with Crippen molar-refractivity contribution in [1.29, 1.82) is 0 Å². The molecule has 4 nitrogen and oxygen atoms in total. The van der Waals surface area contributed by atoms with E-state index in [0.717, 1.165) is 35.8 Å². The molecule has 0 bridgehead atoms. The second kappa shape index (κ2) is 5.24. The second-order valence-corrected chi connectivity index (χ2v) is 5.84. The van der Waals surface area contributed by atoms with E-state index in [9.17, 15) is 0 Å². The zero-order chi connectivity index (χ0) is 12.4. The highest BCUT2D eigenvalue weighted by atomic mass is 79.9. The molecule has 0 aromatic carbocycles. The van der Waals surface area contributed by atoms with Gasteiger partial charge >= 0.3 is 0 Å². The smallest absolute Gasteiger partial charge is 0.185 e. The van der Waals surface area contributed by atoms with Crippen LogP contribution in [0.4, 0.5) is 10.8 Å². The Morgan fingerprint density at radius 3 is 2.56 bits per heavy atom. The SMILES string of the molecule is Brc1cnccc1N1CCN(c2nccs2)CC1. The largest absolute Gasteiger partial charge is 0.367 e. The van der Waals surface area contributed by atoms with Crippen LogP contribution in [0.25, 0.3) is 0 Å². The minimum Gasteiger partial charge on any atom is -0.367 e. The Balaban J connectivity index is 1.69. The number of thiazole rings is 1. The van der Waals surface area contributed by atoms with Gasteiger partial charge in [0.2, 0.25) is 0 Å². The number of aromatic nitrogens is 2. The molecule has 0 amide bonds. The highest BCUT2D eigenvalue weighted by Crippen LogP contribution is 2.27. The van der Waals surface area contributed by atoms with Gasteiger partial charge in [-0.25, -0.2) is 4.98 Å². The van der Waals surface area contributed by atoms with E-state index in [1.54, 1.807) is 11.3 Å². The van der Waals surface area contributed by atoms with Crippen LogP contribution in [0.5, 0.6) is 0 Å². The number of anilines is 2. The Bertz CT molecular complexity index is 509. The first kappa shape index (κ1) is 11.9. The van der Waals surface area contributed by atoms with Crippen LogP contribution in [-0.2, 0) is 0 Å². The maximum Gasteiger partial charge on any atom is 0.185 e. The van der Waals surface area contributed by atoms with Gasteiger partial charge in [-0.1, -0.05) is 0 Å². The lowest BCUT2D eigenvalue weighted by molar-refractivity contribution is 0.651. The van der Waals surface area contributed by atoms with Gasteiger partial charge in [-0.2, -0.15) is 0 Å². The molecule has 0 saturated carbocycles. The maximum atomic E-state index is 4.36. The van der Waals surface area contributed by atoms with Crippen molar-refractivity contribution < 1.29 is 0 Å². The van der Waals surface area contributed by atoms with E-state index in [2.05, 4.69) is 41.8 Å². The summed E-state index contributed by atoms with van der Waals surface area (Å²) in [4.78, 5) is 13.2. The molecule has 3 rings (SSSR count). The third-order valence-electron chi connectivity index (χ3n) is 3.06. The van der Waals surface area contributed by atoms with Crippen LogP contribution in [0.1, 0.15) is 0 Å². The number of halogens is 1. The topological polar surface area (TPSA) is 32.3 Å². The van der Waals surface area contributed by atoms with E-state index in [-0.39, 0.29) is 0 Å². The van der Waals surface area contributed by atoms with Crippen molar-refractivity contribution in [3.8, 4) is 0 Å². The predicted molar refractivity (Wildman–Crippen MR) is 78.5 cm³/mol. The predicted octanol–water partition coefficient (Wildman–Crippen LogP) is 2.63. The molecule has 94 valence electrons. The summed E-state index contributed by atoms with van der Waals surface area (Å²) in [6, 6.07) is 2.06.